The minimum Gasteiger partial charge on any atom is -0.457 e. The highest BCUT2D eigenvalue weighted by Crippen LogP contribution is 2.34. The lowest BCUT2D eigenvalue weighted by atomic mass is 10.1. The molecule has 3 amide bonds. The van der Waals surface area contributed by atoms with Gasteiger partial charge in [-0.1, -0.05) is 0 Å². The van der Waals surface area contributed by atoms with Crippen molar-refractivity contribution in [1.82, 2.24) is 9.80 Å². The Labute approximate surface area is 181 Å². The van der Waals surface area contributed by atoms with E-state index < -0.39 is 16.1 Å². The number of furan rings is 1. The number of amides is 3. The van der Waals surface area contributed by atoms with Crippen molar-refractivity contribution in [2.75, 3.05) is 19.6 Å². The SMILES string of the molecule is Cc1cc([N+](=O)[O-])ccc1-c1ccc(/C=C2\SC(=O)N(CC(=O)N3CCCC3)C2=O)o1. The van der Waals surface area contributed by atoms with Gasteiger partial charge in [0, 0.05) is 36.9 Å². The normalized spacial score (nSPS) is 17.8. The molecule has 1 aromatic carbocycles. The van der Waals surface area contributed by atoms with E-state index in [9.17, 15) is 24.5 Å². The first-order valence-electron chi connectivity index (χ1n) is 9.72. The van der Waals surface area contributed by atoms with Crippen LogP contribution in [0.3, 0.4) is 0 Å². The molecule has 0 bridgehead atoms. The minimum atomic E-state index is -0.521. The van der Waals surface area contributed by atoms with Gasteiger partial charge >= 0.3 is 0 Å². The van der Waals surface area contributed by atoms with E-state index in [-0.39, 0.29) is 23.0 Å². The highest BCUT2D eigenvalue weighted by molar-refractivity contribution is 8.18. The number of rotatable bonds is 5. The molecule has 0 unspecified atom stereocenters. The van der Waals surface area contributed by atoms with Gasteiger partial charge in [0.15, 0.2) is 0 Å². The quantitative estimate of drug-likeness (QED) is 0.394. The van der Waals surface area contributed by atoms with Gasteiger partial charge < -0.3 is 9.32 Å². The highest BCUT2D eigenvalue weighted by atomic mass is 32.2. The summed E-state index contributed by atoms with van der Waals surface area (Å²) in [5, 5.41) is 10.4. The van der Waals surface area contributed by atoms with Gasteiger partial charge in [-0.3, -0.25) is 29.4 Å². The van der Waals surface area contributed by atoms with Crippen molar-refractivity contribution in [2.24, 2.45) is 0 Å². The number of imide groups is 1. The van der Waals surface area contributed by atoms with E-state index in [1.807, 2.05) is 0 Å². The van der Waals surface area contributed by atoms with Crippen LogP contribution in [-0.2, 0) is 9.59 Å². The van der Waals surface area contributed by atoms with Crippen molar-refractivity contribution in [3.8, 4) is 11.3 Å². The third kappa shape index (κ3) is 4.24. The van der Waals surface area contributed by atoms with Crippen LogP contribution in [0.2, 0.25) is 0 Å². The van der Waals surface area contributed by atoms with E-state index in [1.54, 1.807) is 30.0 Å². The number of nitrogens with zero attached hydrogens (tertiary/aromatic N) is 3. The standard InChI is InChI=1S/C21H19N3O6S/c1-13-10-14(24(28)29)4-6-16(13)17-7-5-15(30-17)11-18-20(26)23(21(27)31-18)12-19(25)22-8-2-3-9-22/h4-7,10-11H,2-3,8-9,12H2,1H3/b18-11-. The molecule has 0 aliphatic carbocycles. The number of hydrogen-bond donors (Lipinski definition) is 0. The summed E-state index contributed by atoms with van der Waals surface area (Å²) in [6.07, 6.45) is 3.33. The predicted octanol–water partition coefficient (Wildman–Crippen LogP) is 3.82. The molecule has 10 heteroatoms. The molecule has 0 N–H and O–H groups in total. The Morgan fingerprint density at radius 1 is 1.23 bits per heavy atom. The fourth-order valence-corrected chi connectivity index (χ4v) is 4.40. The zero-order chi connectivity index (χ0) is 22.1. The number of hydrogen-bond acceptors (Lipinski definition) is 7. The summed E-state index contributed by atoms with van der Waals surface area (Å²) < 4.78 is 5.78. The molecule has 0 radical (unpaired) electrons. The summed E-state index contributed by atoms with van der Waals surface area (Å²) in [5.41, 5.74) is 1.36. The molecule has 31 heavy (non-hydrogen) atoms. The summed E-state index contributed by atoms with van der Waals surface area (Å²) in [5.74, 6) is 0.105. The maximum absolute atomic E-state index is 12.6. The van der Waals surface area contributed by atoms with Crippen LogP contribution in [0, 0.1) is 17.0 Å². The molecular formula is C21H19N3O6S. The van der Waals surface area contributed by atoms with E-state index in [2.05, 4.69) is 0 Å². The second-order valence-corrected chi connectivity index (χ2v) is 8.31. The second kappa shape index (κ2) is 8.38. The van der Waals surface area contributed by atoms with Gasteiger partial charge in [0.05, 0.1) is 9.83 Å². The molecule has 0 atom stereocenters. The number of aryl methyl sites for hydroxylation is 1. The Hall–Kier alpha value is -3.40. The van der Waals surface area contributed by atoms with Crippen LogP contribution >= 0.6 is 11.8 Å². The number of benzene rings is 1. The average molecular weight is 441 g/mol. The van der Waals surface area contributed by atoms with Crippen LogP contribution in [-0.4, -0.2) is 51.4 Å². The number of carbonyl (C=O) groups excluding carboxylic acids is 3. The molecule has 0 saturated carbocycles. The fourth-order valence-electron chi connectivity index (χ4n) is 3.58. The number of non-ortho nitro benzene ring substituents is 1. The molecule has 4 rings (SSSR count). The Morgan fingerprint density at radius 3 is 2.65 bits per heavy atom. The van der Waals surface area contributed by atoms with E-state index >= 15 is 0 Å². The number of thioether (sulfide) groups is 1. The first-order chi connectivity index (χ1) is 14.8. The zero-order valence-corrected chi connectivity index (χ0v) is 17.5. The smallest absolute Gasteiger partial charge is 0.294 e. The summed E-state index contributed by atoms with van der Waals surface area (Å²) in [7, 11) is 0. The first kappa shape index (κ1) is 20.9. The van der Waals surface area contributed by atoms with Crippen molar-refractivity contribution >= 4 is 40.6 Å². The highest BCUT2D eigenvalue weighted by Gasteiger charge is 2.37. The average Bonchev–Trinajstić information content (AvgIpc) is 3.47. The third-order valence-corrected chi connectivity index (χ3v) is 6.12. The molecule has 2 aromatic rings. The first-order valence-corrected chi connectivity index (χ1v) is 10.5. The molecule has 9 nitrogen and oxygen atoms in total. The Morgan fingerprint density at radius 2 is 1.97 bits per heavy atom. The predicted molar refractivity (Wildman–Crippen MR) is 114 cm³/mol. The number of likely N-dealkylation sites (tertiary alicyclic amines) is 1. The molecular weight excluding hydrogens is 422 g/mol. The van der Waals surface area contributed by atoms with Gasteiger partial charge in [0.1, 0.15) is 18.1 Å². The molecule has 3 heterocycles. The Balaban J connectivity index is 1.50. The molecule has 160 valence electrons. The Bertz CT molecular complexity index is 1120. The number of nitro benzene ring substituents is 1. The summed E-state index contributed by atoms with van der Waals surface area (Å²) in [6.45, 7) is 2.80. The summed E-state index contributed by atoms with van der Waals surface area (Å²) in [4.78, 5) is 50.5. The zero-order valence-electron chi connectivity index (χ0n) is 16.7. The Kier molecular flexibility index (Phi) is 5.64. The van der Waals surface area contributed by atoms with Crippen molar-refractivity contribution in [3.05, 3.63) is 56.7 Å². The van der Waals surface area contributed by atoms with Gasteiger partial charge in [-0.05, 0) is 55.3 Å². The molecule has 0 spiro atoms. The number of nitro groups is 1. The molecule has 2 aliphatic heterocycles. The minimum absolute atomic E-state index is 0.00909. The van der Waals surface area contributed by atoms with Gasteiger partial charge in [0.2, 0.25) is 5.91 Å². The number of carbonyl (C=O) groups is 3. The van der Waals surface area contributed by atoms with Crippen LogP contribution in [0.5, 0.6) is 0 Å². The molecule has 1 aromatic heterocycles. The molecule has 2 aliphatic rings. The third-order valence-electron chi connectivity index (χ3n) is 5.21. The second-order valence-electron chi connectivity index (χ2n) is 7.31. The monoisotopic (exact) mass is 441 g/mol. The summed E-state index contributed by atoms with van der Waals surface area (Å²) in [6, 6.07) is 7.81. The van der Waals surface area contributed by atoms with Gasteiger partial charge in [-0.25, -0.2) is 0 Å². The van der Waals surface area contributed by atoms with Crippen molar-refractivity contribution in [3.63, 3.8) is 0 Å². The fraction of sp³-hybridized carbons (Fsp3) is 0.286. The molecule has 2 saturated heterocycles. The lowest BCUT2D eigenvalue weighted by Crippen LogP contribution is -2.40. The van der Waals surface area contributed by atoms with Gasteiger partial charge in [0.25, 0.3) is 16.8 Å². The van der Waals surface area contributed by atoms with Crippen molar-refractivity contribution in [1.29, 1.82) is 0 Å². The maximum atomic E-state index is 12.6. The largest absolute Gasteiger partial charge is 0.457 e. The van der Waals surface area contributed by atoms with Crippen LogP contribution in [0.25, 0.3) is 17.4 Å². The lowest BCUT2D eigenvalue weighted by molar-refractivity contribution is -0.384. The molecule has 2 fully saturated rings. The lowest BCUT2D eigenvalue weighted by Gasteiger charge is -2.18. The van der Waals surface area contributed by atoms with E-state index in [0.29, 0.717) is 35.7 Å². The van der Waals surface area contributed by atoms with Crippen LogP contribution in [0.1, 0.15) is 24.2 Å². The topological polar surface area (TPSA) is 114 Å². The van der Waals surface area contributed by atoms with Gasteiger partial charge in [-0.2, -0.15) is 0 Å². The van der Waals surface area contributed by atoms with Crippen LogP contribution in [0.4, 0.5) is 10.5 Å². The van der Waals surface area contributed by atoms with E-state index in [0.717, 1.165) is 29.5 Å². The van der Waals surface area contributed by atoms with E-state index in [1.165, 1.54) is 18.2 Å². The van der Waals surface area contributed by atoms with Crippen molar-refractivity contribution < 1.29 is 23.7 Å². The van der Waals surface area contributed by atoms with Gasteiger partial charge in [-0.15, -0.1) is 0 Å². The van der Waals surface area contributed by atoms with Crippen molar-refractivity contribution in [2.45, 2.75) is 19.8 Å². The van der Waals surface area contributed by atoms with Crippen LogP contribution in [0.15, 0.2) is 39.7 Å². The van der Waals surface area contributed by atoms with Crippen LogP contribution < -0.4 is 0 Å². The summed E-state index contributed by atoms with van der Waals surface area (Å²) >= 11 is 0.767. The van der Waals surface area contributed by atoms with E-state index in [4.69, 9.17) is 4.42 Å². The maximum Gasteiger partial charge on any atom is 0.294 e.